The molecule has 10 heteroatoms. The predicted octanol–water partition coefficient (Wildman–Crippen LogP) is 5.08. The molecule has 1 aliphatic carbocycles. The minimum absolute atomic E-state index is 0. The quantitative estimate of drug-likeness (QED) is 0.461. The van der Waals surface area contributed by atoms with Crippen LogP contribution in [0.5, 0.6) is 11.6 Å². The van der Waals surface area contributed by atoms with Crippen molar-refractivity contribution in [1.82, 2.24) is 19.7 Å². The second-order valence-corrected chi connectivity index (χ2v) is 9.28. The van der Waals surface area contributed by atoms with E-state index in [0.717, 1.165) is 56.3 Å². The molecule has 2 aliphatic rings. The number of rotatable bonds is 6. The lowest BCUT2D eigenvalue weighted by Crippen LogP contribution is -2.39. The van der Waals surface area contributed by atoms with E-state index in [9.17, 15) is 0 Å². The average Bonchev–Trinajstić information content (AvgIpc) is 3.52. The summed E-state index contributed by atoms with van der Waals surface area (Å²) in [6, 6.07) is 9.95. The standard InChI is InChI=1S/C23H25Cl2N5O2.ClH/c1-29-21(23(9-10-23)15-3-5-17(31-2)6-4-15)27-28-22(29)30-11-7-18(8-12-30)32-20-19(25)13-16(24)14-26-20;/h3-6,13-14,18H,7-12H2,1-2H3;1H. The normalized spacial score (nSPS) is 17.4. The summed E-state index contributed by atoms with van der Waals surface area (Å²) in [5, 5.41) is 10.1. The van der Waals surface area contributed by atoms with Gasteiger partial charge in [-0.15, -0.1) is 22.6 Å². The molecule has 0 N–H and O–H groups in total. The highest BCUT2D eigenvalue weighted by Gasteiger charge is 2.50. The lowest BCUT2D eigenvalue weighted by molar-refractivity contribution is 0.163. The van der Waals surface area contributed by atoms with Crippen LogP contribution in [0.1, 0.15) is 37.1 Å². The smallest absolute Gasteiger partial charge is 0.232 e. The fraction of sp³-hybridized carbons (Fsp3) is 0.435. The SMILES string of the molecule is COc1ccc(C2(c3nnc(N4CCC(Oc5ncc(Cl)cc5Cl)CC4)n3C)CC2)cc1.Cl. The molecule has 7 nitrogen and oxygen atoms in total. The second kappa shape index (κ2) is 9.57. The van der Waals surface area contributed by atoms with Crippen LogP contribution in [0, 0.1) is 0 Å². The first kappa shape index (κ1) is 23.9. The molecule has 0 amide bonds. The van der Waals surface area contributed by atoms with Crippen LogP contribution in [0.4, 0.5) is 5.95 Å². The Morgan fingerprint density at radius 2 is 1.76 bits per heavy atom. The van der Waals surface area contributed by atoms with Crippen molar-refractivity contribution in [3.63, 3.8) is 0 Å². The lowest BCUT2D eigenvalue weighted by Gasteiger charge is -2.32. The highest BCUT2D eigenvalue weighted by molar-refractivity contribution is 6.35. The number of halogens is 3. The number of benzene rings is 1. The molecule has 2 aromatic heterocycles. The van der Waals surface area contributed by atoms with Gasteiger partial charge in [0, 0.05) is 39.2 Å². The molecule has 1 saturated heterocycles. The summed E-state index contributed by atoms with van der Waals surface area (Å²) >= 11 is 12.1. The third-order valence-corrected chi connectivity index (χ3v) is 6.93. The van der Waals surface area contributed by atoms with Gasteiger partial charge in [0.25, 0.3) is 0 Å². The zero-order valence-corrected chi connectivity index (χ0v) is 20.8. The van der Waals surface area contributed by atoms with Crippen LogP contribution >= 0.6 is 35.6 Å². The minimum atomic E-state index is -0.0509. The molecule has 33 heavy (non-hydrogen) atoms. The third-order valence-electron chi connectivity index (χ3n) is 6.45. The van der Waals surface area contributed by atoms with Gasteiger partial charge in [-0.05, 0) is 36.6 Å². The molecule has 176 valence electrons. The molecule has 0 bridgehead atoms. The van der Waals surface area contributed by atoms with Gasteiger partial charge in [-0.3, -0.25) is 4.57 Å². The number of methoxy groups -OCH3 is 1. The number of nitrogens with zero attached hydrogens (tertiary/aromatic N) is 5. The summed E-state index contributed by atoms with van der Waals surface area (Å²) in [6.45, 7) is 1.66. The van der Waals surface area contributed by atoms with Crippen LogP contribution in [0.3, 0.4) is 0 Å². The van der Waals surface area contributed by atoms with E-state index < -0.39 is 0 Å². The van der Waals surface area contributed by atoms with Crippen molar-refractivity contribution in [3.05, 3.63) is 58.0 Å². The van der Waals surface area contributed by atoms with Crippen molar-refractivity contribution >= 4 is 41.6 Å². The molecule has 0 spiro atoms. The Hall–Kier alpha value is -2.22. The molecule has 5 rings (SSSR count). The Labute approximate surface area is 209 Å². The zero-order chi connectivity index (χ0) is 22.3. The van der Waals surface area contributed by atoms with Gasteiger partial charge in [-0.1, -0.05) is 35.3 Å². The molecule has 3 aromatic rings. The molecule has 1 saturated carbocycles. The minimum Gasteiger partial charge on any atom is -0.497 e. The lowest BCUT2D eigenvalue weighted by atomic mass is 9.95. The van der Waals surface area contributed by atoms with E-state index in [2.05, 4.69) is 43.8 Å². The summed E-state index contributed by atoms with van der Waals surface area (Å²) in [7, 11) is 3.75. The molecular weight excluding hydrogens is 485 g/mol. The van der Waals surface area contributed by atoms with Crippen molar-refractivity contribution in [2.24, 2.45) is 7.05 Å². The molecular formula is C23H26Cl3N5O2. The van der Waals surface area contributed by atoms with Crippen molar-refractivity contribution in [3.8, 4) is 11.6 Å². The summed E-state index contributed by atoms with van der Waals surface area (Å²) in [5.74, 6) is 3.23. The molecule has 0 atom stereocenters. The van der Waals surface area contributed by atoms with Gasteiger partial charge >= 0.3 is 0 Å². The van der Waals surface area contributed by atoms with Gasteiger partial charge in [-0.25, -0.2) is 4.98 Å². The maximum absolute atomic E-state index is 6.20. The maximum Gasteiger partial charge on any atom is 0.232 e. The Kier molecular flexibility index (Phi) is 6.93. The van der Waals surface area contributed by atoms with Gasteiger partial charge < -0.3 is 14.4 Å². The summed E-state index contributed by atoms with van der Waals surface area (Å²) in [5.41, 5.74) is 1.21. The monoisotopic (exact) mass is 509 g/mol. The summed E-state index contributed by atoms with van der Waals surface area (Å²) in [4.78, 5) is 6.48. The number of hydrogen-bond acceptors (Lipinski definition) is 6. The van der Waals surface area contributed by atoms with Crippen LogP contribution in [0.15, 0.2) is 36.5 Å². The molecule has 3 heterocycles. The third kappa shape index (κ3) is 4.59. The van der Waals surface area contributed by atoms with Gasteiger partial charge in [-0.2, -0.15) is 0 Å². The van der Waals surface area contributed by atoms with E-state index in [1.165, 1.54) is 5.56 Å². The summed E-state index contributed by atoms with van der Waals surface area (Å²) in [6.07, 6.45) is 5.47. The van der Waals surface area contributed by atoms with E-state index in [0.29, 0.717) is 15.9 Å². The van der Waals surface area contributed by atoms with Crippen LogP contribution in [-0.2, 0) is 12.5 Å². The average molecular weight is 511 g/mol. The number of ether oxygens (including phenoxy) is 2. The van der Waals surface area contributed by atoms with Crippen LogP contribution in [0.25, 0.3) is 0 Å². The second-order valence-electron chi connectivity index (χ2n) is 8.44. The number of anilines is 1. The van der Waals surface area contributed by atoms with Gasteiger partial charge in [0.1, 0.15) is 22.7 Å². The van der Waals surface area contributed by atoms with Crippen LogP contribution in [0.2, 0.25) is 10.0 Å². The fourth-order valence-corrected chi connectivity index (χ4v) is 4.93. The highest BCUT2D eigenvalue weighted by atomic mass is 35.5. The summed E-state index contributed by atoms with van der Waals surface area (Å²) < 4.78 is 13.5. The first-order chi connectivity index (χ1) is 15.5. The Balaban J connectivity index is 0.00000259. The Morgan fingerprint density at radius 3 is 2.36 bits per heavy atom. The van der Waals surface area contributed by atoms with Gasteiger partial charge in [0.15, 0.2) is 0 Å². The van der Waals surface area contributed by atoms with E-state index in [1.54, 1.807) is 19.4 Å². The maximum atomic E-state index is 6.20. The topological polar surface area (TPSA) is 65.3 Å². The van der Waals surface area contributed by atoms with Crippen molar-refractivity contribution < 1.29 is 9.47 Å². The van der Waals surface area contributed by atoms with E-state index >= 15 is 0 Å². The van der Waals surface area contributed by atoms with Gasteiger partial charge in [0.05, 0.1) is 17.5 Å². The van der Waals surface area contributed by atoms with Crippen molar-refractivity contribution in [1.29, 1.82) is 0 Å². The first-order valence-corrected chi connectivity index (χ1v) is 11.5. The molecule has 0 unspecified atom stereocenters. The predicted molar refractivity (Wildman–Crippen MR) is 131 cm³/mol. The zero-order valence-electron chi connectivity index (χ0n) is 18.5. The Bertz CT molecular complexity index is 1110. The first-order valence-electron chi connectivity index (χ1n) is 10.8. The van der Waals surface area contributed by atoms with Gasteiger partial charge in [0.2, 0.25) is 11.8 Å². The van der Waals surface area contributed by atoms with Crippen LogP contribution in [-0.4, -0.2) is 46.1 Å². The van der Waals surface area contributed by atoms with Crippen molar-refractivity contribution in [2.75, 3.05) is 25.1 Å². The molecule has 2 fully saturated rings. The van der Waals surface area contributed by atoms with E-state index in [1.807, 2.05) is 12.1 Å². The van der Waals surface area contributed by atoms with E-state index in [4.69, 9.17) is 32.7 Å². The van der Waals surface area contributed by atoms with E-state index in [-0.39, 0.29) is 23.9 Å². The van der Waals surface area contributed by atoms with Crippen molar-refractivity contribution in [2.45, 2.75) is 37.2 Å². The molecule has 1 aromatic carbocycles. The highest BCUT2D eigenvalue weighted by Crippen LogP contribution is 2.53. The molecule has 0 radical (unpaired) electrons. The number of piperidine rings is 1. The molecule has 1 aliphatic heterocycles. The number of pyridine rings is 1. The number of hydrogen-bond donors (Lipinski definition) is 0. The van der Waals surface area contributed by atoms with Crippen LogP contribution < -0.4 is 14.4 Å². The Morgan fingerprint density at radius 1 is 1.06 bits per heavy atom. The fourth-order valence-electron chi connectivity index (χ4n) is 4.51. The largest absolute Gasteiger partial charge is 0.497 e. The number of aromatic nitrogens is 4.